The fraction of sp³-hybridized carbons (Fsp3) is 0.333. The van der Waals surface area contributed by atoms with Crippen molar-refractivity contribution in [2.45, 2.75) is 39.8 Å². The Morgan fingerprint density at radius 3 is 2.40 bits per heavy atom. The molecule has 3 rings (SSSR count). The highest BCUT2D eigenvalue weighted by Crippen LogP contribution is 2.36. The highest BCUT2D eigenvalue weighted by atomic mass is 32.2. The van der Waals surface area contributed by atoms with Crippen LogP contribution in [0.4, 0.5) is 0 Å². The maximum absolute atomic E-state index is 4.17. The first-order chi connectivity index (χ1) is 9.47. The molecular weight excluding hydrogens is 268 g/mol. The maximum Gasteiger partial charge on any atom is 0.214 e. The van der Waals surface area contributed by atoms with E-state index in [4.69, 9.17) is 0 Å². The minimum absolute atomic E-state index is 0.874. The summed E-state index contributed by atoms with van der Waals surface area (Å²) >= 11 is 1.66. The molecule has 1 aliphatic rings. The predicted molar refractivity (Wildman–Crippen MR) is 83.2 cm³/mol. The monoisotopic (exact) mass is 286 g/mol. The number of nitrogens with zero attached hydrogens (tertiary/aromatic N) is 3. The van der Waals surface area contributed by atoms with Gasteiger partial charge in [-0.1, -0.05) is 17.8 Å². The zero-order valence-electron chi connectivity index (χ0n) is 12.4. The Balaban J connectivity index is 2.11. The van der Waals surface area contributed by atoms with E-state index in [1.54, 1.807) is 11.8 Å². The molecule has 0 radical (unpaired) electrons. The molecule has 0 saturated carbocycles. The van der Waals surface area contributed by atoms with Crippen LogP contribution in [-0.2, 0) is 0 Å². The zero-order chi connectivity index (χ0) is 14.4. The molecule has 5 heteroatoms. The van der Waals surface area contributed by atoms with Crippen molar-refractivity contribution in [3.05, 3.63) is 45.1 Å². The molecule has 104 valence electrons. The van der Waals surface area contributed by atoms with Gasteiger partial charge in [0.25, 0.3) is 0 Å². The minimum atomic E-state index is 0.874. The molecule has 2 heterocycles. The lowest BCUT2D eigenvalue weighted by Gasteiger charge is -2.23. The largest absolute Gasteiger partial charge is 0.289 e. The molecule has 0 aliphatic carbocycles. The Kier molecular flexibility index (Phi) is 3.09. The summed E-state index contributed by atoms with van der Waals surface area (Å²) < 4.78 is 1.95. The average molecular weight is 286 g/mol. The fourth-order valence-corrected chi connectivity index (χ4v) is 3.28. The van der Waals surface area contributed by atoms with E-state index >= 15 is 0 Å². The molecular formula is C15H18N4S. The molecule has 0 fully saturated rings. The lowest BCUT2D eigenvalue weighted by Crippen LogP contribution is -2.20. The highest BCUT2D eigenvalue weighted by molar-refractivity contribution is 8.03. The summed E-state index contributed by atoms with van der Waals surface area (Å²) in [5.41, 5.74) is 9.76. The van der Waals surface area contributed by atoms with Gasteiger partial charge in [-0.05, 0) is 57.4 Å². The van der Waals surface area contributed by atoms with Crippen molar-refractivity contribution in [1.29, 1.82) is 0 Å². The van der Waals surface area contributed by atoms with Crippen LogP contribution in [0.5, 0.6) is 0 Å². The van der Waals surface area contributed by atoms with Gasteiger partial charge in [0.05, 0.1) is 5.70 Å². The van der Waals surface area contributed by atoms with Crippen molar-refractivity contribution in [2.24, 2.45) is 0 Å². The smallest absolute Gasteiger partial charge is 0.214 e. The molecule has 0 bridgehead atoms. The molecule has 0 amide bonds. The van der Waals surface area contributed by atoms with Gasteiger partial charge in [0.15, 0.2) is 0 Å². The van der Waals surface area contributed by atoms with E-state index < -0.39 is 0 Å². The number of thioether (sulfide) groups is 1. The molecule has 20 heavy (non-hydrogen) atoms. The topological polar surface area (TPSA) is 42.7 Å². The van der Waals surface area contributed by atoms with E-state index in [-0.39, 0.29) is 0 Å². The maximum atomic E-state index is 4.17. The number of rotatable bonds is 1. The normalized spacial score (nSPS) is 14.2. The third-order valence-corrected chi connectivity index (χ3v) is 4.68. The first kappa shape index (κ1) is 13.2. The van der Waals surface area contributed by atoms with Crippen LogP contribution in [0.25, 0.3) is 5.70 Å². The Hall–Kier alpha value is -1.75. The Bertz CT molecular complexity index is 728. The highest BCUT2D eigenvalue weighted by Gasteiger charge is 2.21. The lowest BCUT2D eigenvalue weighted by molar-refractivity contribution is 0.796. The molecule has 0 atom stereocenters. The van der Waals surface area contributed by atoms with E-state index in [1.807, 2.05) is 11.6 Å². The molecule has 1 aliphatic heterocycles. The van der Waals surface area contributed by atoms with Crippen LogP contribution in [0.3, 0.4) is 0 Å². The Morgan fingerprint density at radius 1 is 0.950 bits per heavy atom. The summed E-state index contributed by atoms with van der Waals surface area (Å²) in [5.74, 6) is 0.874. The number of hydrogen-bond donors (Lipinski definition) is 1. The SMILES string of the molecule is CC1=C(c2cc(C)c(C)cc2C)Nn2c(C)nnc2S1. The first-order valence-corrected chi connectivity index (χ1v) is 7.45. The van der Waals surface area contributed by atoms with Gasteiger partial charge >= 0.3 is 0 Å². The molecule has 1 N–H and O–H groups in total. The number of benzene rings is 1. The Morgan fingerprint density at radius 2 is 1.65 bits per heavy atom. The van der Waals surface area contributed by atoms with Crippen LogP contribution in [0.2, 0.25) is 0 Å². The van der Waals surface area contributed by atoms with Crippen molar-refractivity contribution in [3.8, 4) is 0 Å². The van der Waals surface area contributed by atoms with E-state index in [0.29, 0.717) is 0 Å². The van der Waals surface area contributed by atoms with Crippen LogP contribution in [0.15, 0.2) is 22.2 Å². The van der Waals surface area contributed by atoms with E-state index in [2.05, 4.69) is 55.5 Å². The number of nitrogens with one attached hydrogen (secondary N) is 1. The summed E-state index contributed by atoms with van der Waals surface area (Å²) in [6, 6.07) is 4.49. The van der Waals surface area contributed by atoms with Gasteiger partial charge in [0.1, 0.15) is 5.82 Å². The second kappa shape index (κ2) is 4.66. The van der Waals surface area contributed by atoms with Crippen molar-refractivity contribution in [1.82, 2.24) is 14.9 Å². The van der Waals surface area contributed by atoms with Crippen LogP contribution in [0.1, 0.15) is 35.0 Å². The quantitative estimate of drug-likeness (QED) is 0.870. The van der Waals surface area contributed by atoms with Crippen LogP contribution >= 0.6 is 11.8 Å². The van der Waals surface area contributed by atoms with Crippen molar-refractivity contribution < 1.29 is 0 Å². The number of allylic oxidation sites excluding steroid dienone is 1. The number of aryl methyl sites for hydroxylation is 4. The summed E-state index contributed by atoms with van der Waals surface area (Å²) in [7, 11) is 0. The fourth-order valence-electron chi connectivity index (χ4n) is 2.40. The van der Waals surface area contributed by atoms with E-state index in [9.17, 15) is 0 Å². The first-order valence-electron chi connectivity index (χ1n) is 6.63. The van der Waals surface area contributed by atoms with Gasteiger partial charge in [0, 0.05) is 10.5 Å². The zero-order valence-corrected chi connectivity index (χ0v) is 13.2. The van der Waals surface area contributed by atoms with Gasteiger partial charge in [-0.2, -0.15) is 0 Å². The second-order valence-electron chi connectivity index (χ2n) is 5.26. The number of aromatic nitrogens is 3. The number of hydrogen-bond acceptors (Lipinski definition) is 4. The molecule has 2 aromatic rings. The van der Waals surface area contributed by atoms with Gasteiger partial charge in [-0.15, -0.1) is 10.2 Å². The van der Waals surface area contributed by atoms with E-state index in [1.165, 1.54) is 27.2 Å². The molecule has 0 unspecified atom stereocenters. The van der Waals surface area contributed by atoms with Crippen molar-refractivity contribution >= 4 is 17.5 Å². The lowest BCUT2D eigenvalue weighted by atomic mass is 9.98. The molecule has 4 nitrogen and oxygen atoms in total. The minimum Gasteiger partial charge on any atom is -0.289 e. The third kappa shape index (κ3) is 2.02. The Labute approximate surface area is 123 Å². The molecule has 0 saturated heterocycles. The number of fused-ring (bicyclic) bond motifs is 1. The van der Waals surface area contributed by atoms with E-state index in [0.717, 1.165) is 16.7 Å². The molecule has 1 aromatic heterocycles. The summed E-state index contributed by atoms with van der Waals surface area (Å²) in [5, 5.41) is 9.18. The van der Waals surface area contributed by atoms with Gasteiger partial charge in [-0.3, -0.25) is 5.43 Å². The summed E-state index contributed by atoms with van der Waals surface area (Å²) in [6.45, 7) is 10.5. The van der Waals surface area contributed by atoms with Gasteiger partial charge in [0.2, 0.25) is 5.16 Å². The molecule has 1 aromatic carbocycles. The van der Waals surface area contributed by atoms with Crippen LogP contribution in [-0.4, -0.2) is 14.9 Å². The third-order valence-electron chi connectivity index (χ3n) is 3.73. The van der Waals surface area contributed by atoms with Crippen molar-refractivity contribution in [3.63, 3.8) is 0 Å². The second-order valence-corrected chi connectivity index (χ2v) is 6.44. The van der Waals surface area contributed by atoms with Crippen LogP contribution in [0, 0.1) is 27.7 Å². The average Bonchev–Trinajstić information content (AvgIpc) is 2.74. The standard InChI is InChI=1S/C15H18N4S/c1-8-6-10(3)13(7-9(8)2)14-11(4)20-15-17-16-12(5)19(15)18-14/h6-7,18H,1-5H3. The van der Waals surface area contributed by atoms with Crippen LogP contribution < -0.4 is 5.43 Å². The van der Waals surface area contributed by atoms with Crippen molar-refractivity contribution in [2.75, 3.05) is 5.43 Å². The summed E-state index contributed by atoms with van der Waals surface area (Å²) in [4.78, 5) is 1.22. The molecule has 0 spiro atoms. The van der Waals surface area contributed by atoms with Gasteiger partial charge in [-0.25, -0.2) is 4.68 Å². The van der Waals surface area contributed by atoms with Gasteiger partial charge < -0.3 is 0 Å². The summed E-state index contributed by atoms with van der Waals surface area (Å²) in [6.07, 6.45) is 0. The predicted octanol–water partition coefficient (Wildman–Crippen LogP) is 3.55.